The molecule has 1 aromatic carbocycles. The van der Waals surface area contributed by atoms with Gasteiger partial charge in [-0.2, -0.15) is 0 Å². The number of carbonyl (C=O) groups is 1. The Hall–Kier alpha value is -2.25. The molecule has 3 aromatic rings. The summed E-state index contributed by atoms with van der Waals surface area (Å²) in [5, 5.41) is 8.88. The molecular weight excluding hydrogens is 318 g/mol. The molecular formula is C15H13N3O2S2. The number of carbonyl (C=O) groups excluding carboxylic acids is 1. The van der Waals surface area contributed by atoms with Crippen molar-refractivity contribution in [2.24, 2.45) is 0 Å². The van der Waals surface area contributed by atoms with E-state index in [0.717, 1.165) is 16.4 Å². The second-order valence-electron chi connectivity index (χ2n) is 4.31. The van der Waals surface area contributed by atoms with E-state index in [-0.39, 0.29) is 5.91 Å². The number of hydrogen-bond donors (Lipinski definition) is 1. The van der Waals surface area contributed by atoms with Crippen LogP contribution in [0.1, 0.15) is 16.6 Å². The molecule has 5 nitrogen and oxygen atoms in total. The van der Waals surface area contributed by atoms with Gasteiger partial charge in [0.1, 0.15) is 16.3 Å². The van der Waals surface area contributed by atoms with Crippen molar-refractivity contribution in [1.29, 1.82) is 0 Å². The molecule has 0 saturated carbocycles. The van der Waals surface area contributed by atoms with Crippen molar-refractivity contribution in [2.45, 2.75) is 6.92 Å². The van der Waals surface area contributed by atoms with Gasteiger partial charge in [-0.1, -0.05) is 22.7 Å². The van der Waals surface area contributed by atoms with E-state index in [2.05, 4.69) is 14.9 Å². The molecule has 0 unspecified atom stereocenters. The van der Waals surface area contributed by atoms with Crippen LogP contribution in [0.15, 0.2) is 41.8 Å². The molecule has 0 fully saturated rings. The summed E-state index contributed by atoms with van der Waals surface area (Å²) in [5.74, 6) is 0.416. The van der Waals surface area contributed by atoms with E-state index in [1.165, 1.54) is 11.3 Å². The maximum absolute atomic E-state index is 12.5. The van der Waals surface area contributed by atoms with Crippen LogP contribution >= 0.6 is 22.9 Å². The summed E-state index contributed by atoms with van der Waals surface area (Å²) in [7, 11) is 0. The fourth-order valence-corrected chi connectivity index (χ4v) is 3.30. The number of aromatic nitrogens is 2. The normalized spacial score (nSPS) is 10.4. The summed E-state index contributed by atoms with van der Waals surface area (Å²) >= 11 is 2.62. The molecule has 2 heterocycles. The number of hydrogen-bond acceptors (Lipinski definition) is 6. The van der Waals surface area contributed by atoms with Crippen LogP contribution in [-0.2, 0) is 0 Å². The van der Waals surface area contributed by atoms with E-state index in [4.69, 9.17) is 4.74 Å². The molecule has 0 atom stereocenters. The van der Waals surface area contributed by atoms with Crippen molar-refractivity contribution in [3.05, 3.63) is 46.7 Å². The van der Waals surface area contributed by atoms with Gasteiger partial charge in [0.2, 0.25) is 0 Å². The molecule has 0 radical (unpaired) electrons. The predicted molar refractivity (Wildman–Crippen MR) is 88.8 cm³/mol. The number of thiophene rings is 1. The highest BCUT2D eigenvalue weighted by Gasteiger charge is 2.19. The van der Waals surface area contributed by atoms with E-state index >= 15 is 0 Å². The third kappa shape index (κ3) is 3.00. The average molecular weight is 331 g/mol. The van der Waals surface area contributed by atoms with Crippen LogP contribution in [0, 0.1) is 0 Å². The highest BCUT2D eigenvalue weighted by Crippen LogP contribution is 2.30. The number of anilines is 1. The summed E-state index contributed by atoms with van der Waals surface area (Å²) in [6.07, 6.45) is 0. The van der Waals surface area contributed by atoms with E-state index in [1.54, 1.807) is 0 Å². The topological polar surface area (TPSA) is 64.1 Å². The highest BCUT2D eigenvalue weighted by atomic mass is 32.1. The van der Waals surface area contributed by atoms with Crippen molar-refractivity contribution in [2.75, 3.05) is 11.9 Å². The molecule has 22 heavy (non-hydrogen) atoms. The van der Waals surface area contributed by atoms with Gasteiger partial charge in [-0.05, 0) is 42.0 Å². The van der Waals surface area contributed by atoms with Gasteiger partial charge in [0.15, 0.2) is 0 Å². The lowest BCUT2D eigenvalue weighted by Gasteiger charge is -2.10. The van der Waals surface area contributed by atoms with E-state index in [1.807, 2.05) is 48.7 Å². The Kier molecular flexibility index (Phi) is 4.45. The fourth-order valence-electron chi connectivity index (χ4n) is 1.94. The van der Waals surface area contributed by atoms with Crippen molar-refractivity contribution in [3.63, 3.8) is 0 Å². The van der Waals surface area contributed by atoms with E-state index in [0.29, 0.717) is 28.6 Å². The van der Waals surface area contributed by atoms with Gasteiger partial charge in [-0.3, -0.25) is 4.79 Å². The molecule has 0 saturated heterocycles. The van der Waals surface area contributed by atoms with Crippen LogP contribution in [0.5, 0.6) is 5.75 Å². The van der Waals surface area contributed by atoms with Crippen molar-refractivity contribution < 1.29 is 9.53 Å². The molecule has 0 bridgehead atoms. The number of nitrogens with one attached hydrogen (secondary N) is 1. The second-order valence-corrected chi connectivity index (χ2v) is 6.01. The Labute approximate surface area is 135 Å². The first-order valence-corrected chi connectivity index (χ1v) is 8.34. The minimum Gasteiger partial charge on any atom is -0.492 e. The molecule has 7 heteroatoms. The van der Waals surface area contributed by atoms with E-state index in [9.17, 15) is 4.79 Å². The van der Waals surface area contributed by atoms with Crippen LogP contribution in [0.3, 0.4) is 0 Å². The number of para-hydroxylation sites is 2. The zero-order chi connectivity index (χ0) is 15.4. The van der Waals surface area contributed by atoms with Gasteiger partial charge in [0.05, 0.1) is 17.2 Å². The smallest absolute Gasteiger partial charge is 0.269 e. The van der Waals surface area contributed by atoms with Gasteiger partial charge in [0, 0.05) is 0 Å². The molecule has 0 aliphatic carbocycles. The summed E-state index contributed by atoms with van der Waals surface area (Å²) in [6.45, 7) is 2.44. The minimum atomic E-state index is -0.231. The second kappa shape index (κ2) is 6.67. The fraction of sp³-hybridized carbons (Fsp3) is 0.133. The third-order valence-electron chi connectivity index (χ3n) is 2.88. The standard InChI is InChI=1S/C15H13N3O2S2/c1-2-20-11-7-4-3-6-10(11)16-15(19)14-13(17-18-22-14)12-8-5-9-21-12/h3-9H,2H2,1H3,(H,16,19). The monoisotopic (exact) mass is 331 g/mol. The Balaban J connectivity index is 1.86. The lowest BCUT2D eigenvalue weighted by Crippen LogP contribution is -2.12. The lowest BCUT2D eigenvalue weighted by atomic mass is 10.2. The summed E-state index contributed by atoms with van der Waals surface area (Å²) in [5.41, 5.74) is 1.26. The molecule has 1 amide bonds. The Bertz CT molecular complexity index is 769. The first-order chi connectivity index (χ1) is 10.8. The molecule has 1 N–H and O–H groups in total. The SMILES string of the molecule is CCOc1ccccc1NC(=O)c1snnc1-c1cccs1. The number of rotatable bonds is 5. The third-order valence-corrected chi connectivity index (χ3v) is 4.49. The Morgan fingerprint density at radius 2 is 2.14 bits per heavy atom. The molecule has 0 aliphatic heterocycles. The zero-order valence-electron chi connectivity index (χ0n) is 11.8. The predicted octanol–water partition coefficient (Wildman–Crippen LogP) is 3.92. The number of amides is 1. The first kappa shape index (κ1) is 14.7. The zero-order valence-corrected chi connectivity index (χ0v) is 13.4. The summed E-state index contributed by atoms with van der Waals surface area (Å²) in [6, 6.07) is 11.2. The van der Waals surface area contributed by atoms with Gasteiger partial charge in [-0.25, -0.2) is 0 Å². The van der Waals surface area contributed by atoms with Gasteiger partial charge in [0.25, 0.3) is 5.91 Å². The Morgan fingerprint density at radius 1 is 1.27 bits per heavy atom. The molecule has 0 aliphatic rings. The minimum absolute atomic E-state index is 0.231. The molecule has 3 rings (SSSR count). The highest BCUT2D eigenvalue weighted by molar-refractivity contribution is 7.14. The summed E-state index contributed by atoms with van der Waals surface area (Å²) < 4.78 is 9.42. The number of nitrogens with zero attached hydrogens (tertiary/aromatic N) is 2. The van der Waals surface area contributed by atoms with E-state index < -0.39 is 0 Å². The lowest BCUT2D eigenvalue weighted by molar-refractivity contribution is 0.103. The first-order valence-electron chi connectivity index (χ1n) is 6.69. The van der Waals surface area contributed by atoms with Gasteiger partial charge in [-0.15, -0.1) is 16.4 Å². The molecule has 0 spiro atoms. The van der Waals surface area contributed by atoms with Crippen LogP contribution < -0.4 is 10.1 Å². The maximum Gasteiger partial charge on any atom is 0.269 e. The van der Waals surface area contributed by atoms with Crippen molar-refractivity contribution in [1.82, 2.24) is 9.59 Å². The van der Waals surface area contributed by atoms with Crippen LogP contribution in [-0.4, -0.2) is 22.1 Å². The van der Waals surface area contributed by atoms with Crippen LogP contribution in [0.25, 0.3) is 10.6 Å². The van der Waals surface area contributed by atoms with Crippen molar-refractivity contribution >= 4 is 34.5 Å². The van der Waals surface area contributed by atoms with Gasteiger partial charge >= 0.3 is 0 Å². The van der Waals surface area contributed by atoms with Crippen molar-refractivity contribution in [3.8, 4) is 16.3 Å². The quantitative estimate of drug-likeness (QED) is 0.769. The number of ether oxygens (including phenoxy) is 1. The van der Waals surface area contributed by atoms with Crippen LogP contribution in [0.2, 0.25) is 0 Å². The van der Waals surface area contributed by atoms with Crippen LogP contribution in [0.4, 0.5) is 5.69 Å². The molecule has 2 aromatic heterocycles. The Morgan fingerprint density at radius 3 is 2.91 bits per heavy atom. The summed E-state index contributed by atoms with van der Waals surface area (Å²) in [4.78, 5) is 13.9. The maximum atomic E-state index is 12.5. The largest absolute Gasteiger partial charge is 0.492 e. The van der Waals surface area contributed by atoms with Gasteiger partial charge < -0.3 is 10.1 Å². The molecule has 112 valence electrons. The average Bonchev–Trinajstić information content (AvgIpc) is 3.20. The number of benzene rings is 1.